The first-order valence-electron chi connectivity index (χ1n) is 3.51. The largest absolute Gasteiger partial charge is 0.374 e. The molecule has 0 amide bonds. The van der Waals surface area contributed by atoms with Crippen LogP contribution < -0.4 is 5.32 Å². The van der Waals surface area contributed by atoms with E-state index in [0.717, 1.165) is 18.9 Å². The van der Waals surface area contributed by atoms with Crippen molar-refractivity contribution < 1.29 is 0 Å². The lowest BCUT2D eigenvalue weighted by Crippen LogP contribution is -2.37. The van der Waals surface area contributed by atoms with Crippen LogP contribution in [0.3, 0.4) is 0 Å². The minimum atomic E-state index is 0. The van der Waals surface area contributed by atoms with Gasteiger partial charge in [0.1, 0.15) is 0 Å². The average Bonchev–Trinajstić information content (AvgIpc) is 1.80. The van der Waals surface area contributed by atoms with Crippen LogP contribution in [0.2, 0.25) is 0 Å². The average molecular weight is 163 g/mol. The molecule has 0 unspecified atom stereocenters. The lowest BCUT2D eigenvalue weighted by Gasteiger charge is -2.27. The Labute approximate surface area is 68.3 Å². The van der Waals surface area contributed by atoms with Crippen LogP contribution in [0.15, 0.2) is 0 Å². The summed E-state index contributed by atoms with van der Waals surface area (Å²) >= 11 is 0. The highest BCUT2D eigenvalue weighted by atomic mass is 35.5. The first-order valence-corrected chi connectivity index (χ1v) is 3.51. The third-order valence-electron chi connectivity index (χ3n) is 2.13. The Kier molecular flexibility index (Phi) is 3.72. The van der Waals surface area contributed by atoms with E-state index in [1.807, 2.05) is 0 Å². The van der Waals surface area contributed by atoms with Gasteiger partial charge in [-0.05, 0) is 11.8 Å². The first kappa shape index (κ1) is 9.76. The molecule has 0 aromatic heterocycles. The van der Waals surface area contributed by atoms with E-state index < -0.39 is 0 Å². The van der Waals surface area contributed by atoms with Crippen molar-refractivity contribution in [3.63, 3.8) is 0 Å². The molecule has 1 saturated heterocycles. The third kappa shape index (κ3) is 2.18. The molecular weight excluding hydrogens is 148 g/mol. The topological polar surface area (TPSA) is 35.9 Å². The van der Waals surface area contributed by atoms with Crippen LogP contribution in [0, 0.1) is 17.2 Å². The number of piperidine rings is 1. The third-order valence-corrected chi connectivity index (χ3v) is 2.13. The first-order chi connectivity index (χ1) is 4.20. The van der Waals surface area contributed by atoms with E-state index in [1.165, 1.54) is 0 Å². The van der Waals surface area contributed by atoms with Crippen LogP contribution in [0.25, 0.3) is 0 Å². The molecule has 1 fully saturated rings. The zero-order chi connectivity index (χ0) is 6.85. The second-order valence-electron chi connectivity index (χ2n) is 3.02. The van der Waals surface area contributed by atoms with Gasteiger partial charge >= 0.3 is 0 Å². The zero-order valence-corrected chi connectivity index (χ0v) is 7.29. The summed E-state index contributed by atoms with van der Waals surface area (Å²) in [6.07, 6.45) is 0.932. The van der Waals surface area contributed by atoms with E-state index in [-0.39, 0.29) is 12.4 Å². The Hall–Kier alpha value is -0.240. The van der Waals surface area contributed by atoms with Crippen LogP contribution in [0.5, 0.6) is 0 Å². The summed E-state index contributed by atoms with van der Waals surface area (Å²) in [5.74, 6) is 2.14. The molecule has 0 saturated carbocycles. The molecule has 10 heavy (non-hydrogen) atoms. The van der Waals surface area contributed by atoms with Crippen molar-refractivity contribution in [3.05, 3.63) is 0 Å². The van der Waals surface area contributed by atoms with Gasteiger partial charge in [-0.3, -0.25) is 5.41 Å². The molecule has 60 valence electrons. The van der Waals surface area contributed by atoms with E-state index >= 15 is 0 Å². The summed E-state index contributed by atoms with van der Waals surface area (Å²) in [5, 5.41) is 10.3. The predicted molar refractivity (Wildman–Crippen MR) is 45.9 cm³/mol. The smallest absolute Gasteiger partial charge is 0.0934 e. The van der Waals surface area contributed by atoms with Gasteiger partial charge in [0.15, 0.2) is 0 Å². The molecule has 0 bridgehead atoms. The minimum Gasteiger partial charge on any atom is -0.374 e. The van der Waals surface area contributed by atoms with Gasteiger partial charge in [-0.15, -0.1) is 12.4 Å². The van der Waals surface area contributed by atoms with Gasteiger partial charge in [-0.2, -0.15) is 0 Å². The second-order valence-corrected chi connectivity index (χ2v) is 3.02. The monoisotopic (exact) mass is 162 g/mol. The van der Waals surface area contributed by atoms with Gasteiger partial charge in [0.05, 0.1) is 5.84 Å². The maximum atomic E-state index is 7.30. The lowest BCUT2D eigenvalue weighted by molar-refractivity contribution is 0.365. The molecule has 1 aliphatic heterocycles. The number of amidine groups is 1. The molecule has 1 rings (SSSR count). The van der Waals surface area contributed by atoms with Crippen molar-refractivity contribution in [3.8, 4) is 0 Å². The minimum absolute atomic E-state index is 0. The van der Waals surface area contributed by atoms with Crippen LogP contribution >= 0.6 is 12.4 Å². The maximum absolute atomic E-state index is 7.30. The van der Waals surface area contributed by atoms with E-state index in [9.17, 15) is 0 Å². The molecule has 0 radical (unpaired) electrons. The zero-order valence-electron chi connectivity index (χ0n) is 6.48. The summed E-state index contributed by atoms with van der Waals surface area (Å²) < 4.78 is 0. The molecule has 2 atom stereocenters. The van der Waals surface area contributed by atoms with Crippen molar-refractivity contribution in [1.82, 2.24) is 5.32 Å². The Morgan fingerprint density at radius 2 is 2.00 bits per heavy atom. The highest BCUT2D eigenvalue weighted by molar-refractivity contribution is 5.85. The fraction of sp³-hybridized carbons (Fsp3) is 0.857. The summed E-state index contributed by atoms with van der Waals surface area (Å²) in [6, 6.07) is 0. The molecule has 2 N–H and O–H groups in total. The summed E-state index contributed by atoms with van der Waals surface area (Å²) in [4.78, 5) is 0. The van der Waals surface area contributed by atoms with Crippen LogP contribution in [0.1, 0.15) is 20.3 Å². The van der Waals surface area contributed by atoms with E-state index in [2.05, 4.69) is 19.2 Å². The van der Waals surface area contributed by atoms with E-state index in [0.29, 0.717) is 11.8 Å². The van der Waals surface area contributed by atoms with Gasteiger partial charge in [0.25, 0.3) is 0 Å². The highest BCUT2D eigenvalue weighted by Crippen LogP contribution is 2.17. The maximum Gasteiger partial charge on any atom is 0.0934 e. The van der Waals surface area contributed by atoms with E-state index in [1.54, 1.807) is 0 Å². The van der Waals surface area contributed by atoms with Crippen LogP contribution in [-0.4, -0.2) is 12.4 Å². The van der Waals surface area contributed by atoms with Crippen molar-refractivity contribution >= 4 is 18.2 Å². The van der Waals surface area contributed by atoms with Gasteiger partial charge in [0, 0.05) is 13.0 Å². The Morgan fingerprint density at radius 3 is 2.40 bits per heavy atom. The number of nitrogens with one attached hydrogen (secondary N) is 2. The molecule has 1 aliphatic rings. The molecule has 0 spiro atoms. The number of rotatable bonds is 0. The summed E-state index contributed by atoms with van der Waals surface area (Å²) in [7, 11) is 0. The molecule has 0 aromatic carbocycles. The molecule has 3 heteroatoms. The summed E-state index contributed by atoms with van der Waals surface area (Å²) in [6.45, 7) is 5.42. The van der Waals surface area contributed by atoms with Crippen LogP contribution in [-0.2, 0) is 0 Å². The van der Waals surface area contributed by atoms with Gasteiger partial charge in [-0.25, -0.2) is 0 Å². The SMILES string of the molecule is C[C@H]1CNC(=N)C[C@@H]1C.Cl. The standard InChI is InChI=1S/C7H14N2.ClH/c1-5-3-7(8)9-4-6(5)2;/h5-6H,3-4H2,1-2H3,(H2,8,9);1H/t5-,6-;/m0./s1. The Morgan fingerprint density at radius 1 is 1.40 bits per heavy atom. The summed E-state index contributed by atoms with van der Waals surface area (Å²) in [5.41, 5.74) is 0. The van der Waals surface area contributed by atoms with Crippen molar-refractivity contribution in [2.75, 3.05) is 6.54 Å². The highest BCUT2D eigenvalue weighted by Gasteiger charge is 2.18. The quantitative estimate of drug-likeness (QED) is 0.559. The molecular formula is C7H15ClN2. The predicted octanol–water partition coefficient (Wildman–Crippen LogP) is 1.65. The Bertz CT molecular complexity index is 125. The fourth-order valence-electron chi connectivity index (χ4n) is 1.08. The molecule has 0 aliphatic carbocycles. The van der Waals surface area contributed by atoms with E-state index in [4.69, 9.17) is 5.41 Å². The van der Waals surface area contributed by atoms with Crippen molar-refractivity contribution in [2.45, 2.75) is 20.3 Å². The molecule has 2 nitrogen and oxygen atoms in total. The van der Waals surface area contributed by atoms with Crippen molar-refractivity contribution in [2.24, 2.45) is 11.8 Å². The number of hydrogen-bond acceptors (Lipinski definition) is 1. The number of hydrogen-bond donors (Lipinski definition) is 2. The molecule has 1 heterocycles. The van der Waals surface area contributed by atoms with Crippen LogP contribution in [0.4, 0.5) is 0 Å². The van der Waals surface area contributed by atoms with Crippen molar-refractivity contribution in [1.29, 1.82) is 5.41 Å². The normalized spacial score (nSPS) is 32.4. The van der Waals surface area contributed by atoms with Gasteiger partial charge in [0.2, 0.25) is 0 Å². The Balaban J connectivity index is 0.000000810. The van der Waals surface area contributed by atoms with Gasteiger partial charge < -0.3 is 5.32 Å². The number of halogens is 1. The lowest BCUT2D eigenvalue weighted by atomic mass is 9.89. The molecule has 0 aromatic rings. The fourth-order valence-corrected chi connectivity index (χ4v) is 1.08. The second kappa shape index (κ2) is 3.81. The van der Waals surface area contributed by atoms with Gasteiger partial charge in [-0.1, -0.05) is 13.8 Å².